The zero-order chi connectivity index (χ0) is 12.7. The van der Waals surface area contributed by atoms with Crippen LogP contribution in [0.25, 0.3) is 11.1 Å². The third-order valence-corrected chi connectivity index (χ3v) is 2.83. The van der Waals surface area contributed by atoms with E-state index in [1.165, 1.54) is 18.3 Å². The highest BCUT2D eigenvalue weighted by Gasteiger charge is 2.22. The van der Waals surface area contributed by atoms with Crippen molar-refractivity contribution < 1.29 is 13.6 Å². The van der Waals surface area contributed by atoms with Crippen molar-refractivity contribution in [2.75, 3.05) is 5.32 Å². The lowest BCUT2D eigenvalue weighted by molar-refractivity contribution is -0.115. The molecule has 3 rings (SSSR count). The number of aromatic nitrogens is 1. The monoisotopic (exact) mass is 246 g/mol. The number of amides is 1. The molecule has 1 amide bonds. The maximum Gasteiger partial charge on any atom is 0.228 e. The number of fused-ring (bicyclic) bond motifs is 1. The largest absolute Gasteiger partial charge is 0.323 e. The fourth-order valence-corrected chi connectivity index (χ4v) is 2.04. The van der Waals surface area contributed by atoms with Gasteiger partial charge in [0.2, 0.25) is 5.91 Å². The summed E-state index contributed by atoms with van der Waals surface area (Å²) in [4.78, 5) is 14.9. The molecule has 18 heavy (non-hydrogen) atoms. The van der Waals surface area contributed by atoms with Crippen LogP contribution in [-0.2, 0) is 11.2 Å². The van der Waals surface area contributed by atoms with Crippen LogP contribution in [0.1, 0.15) is 5.56 Å². The van der Waals surface area contributed by atoms with Crippen molar-refractivity contribution in [3.8, 4) is 11.1 Å². The minimum atomic E-state index is -0.516. The van der Waals surface area contributed by atoms with E-state index < -0.39 is 11.6 Å². The summed E-state index contributed by atoms with van der Waals surface area (Å²) in [5.74, 6) is -1.24. The highest BCUT2D eigenvalue weighted by atomic mass is 19.1. The summed E-state index contributed by atoms with van der Waals surface area (Å²) in [6, 6.07) is 4.21. The molecule has 1 aromatic carbocycles. The van der Waals surface area contributed by atoms with Gasteiger partial charge in [0, 0.05) is 11.8 Å². The van der Waals surface area contributed by atoms with Crippen LogP contribution in [0.3, 0.4) is 0 Å². The van der Waals surface area contributed by atoms with Gasteiger partial charge in [0.25, 0.3) is 0 Å². The van der Waals surface area contributed by atoms with Crippen LogP contribution in [0.4, 0.5) is 14.5 Å². The molecule has 0 fully saturated rings. The van der Waals surface area contributed by atoms with Crippen molar-refractivity contribution in [1.29, 1.82) is 0 Å². The van der Waals surface area contributed by atoms with Gasteiger partial charge in [-0.3, -0.25) is 9.78 Å². The Morgan fingerprint density at radius 3 is 2.72 bits per heavy atom. The molecule has 5 heteroatoms. The molecule has 90 valence electrons. The second kappa shape index (κ2) is 3.87. The van der Waals surface area contributed by atoms with Crippen LogP contribution in [-0.4, -0.2) is 10.9 Å². The Kier molecular flexibility index (Phi) is 2.33. The van der Waals surface area contributed by atoms with E-state index in [4.69, 9.17) is 0 Å². The number of nitrogens with zero attached hydrogens (tertiary/aromatic N) is 1. The molecule has 1 aromatic heterocycles. The van der Waals surface area contributed by atoms with Crippen LogP contribution in [0.2, 0.25) is 0 Å². The van der Waals surface area contributed by atoms with Crippen molar-refractivity contribution in [2.24, 2.45) is 0 Å². The first-order chi connectivity index (χ1) is 8.63. The Morgan fingerprint density at radius 2 is 1.94 bits per heavy atom. The second-order valence-electron chi connectivity index (χ2n) is 4.11. The van der Waals surface area contributed by atoms with E-state index in [0.717, 1.165) is 6.20 Å². The molecule has 2 aromatic rings. The van der Waals surface area contributed by atoms with Crippen molar-refractivity contribution >= 4 is 11.6 Å². The summed E-state index contributed by atoms with van der Waals surface area (Å²) in [6.45, 7) is 0. The van der Waals surface area contributed by atoms with Crippen molar-refractivity contribution in [1.82, 2.24) is 4.98 Å². The number of rotatable bonds is 1. The Labute approximate surface area is 101 Å². The average Bonchev–Trinajstić information content (AvgIpc) is 2.70. The lowest BCUT2D eigenvalue weighted by atomic mass is 10.0. The number of halogens is 2. The van der Waals surface area contributed by atoms with E-state index in [2.05, 4.69) is 10.3 Å². The molecule has 0 spiro atoms. The number of anilines is 1. The Hall–Kier alpha value is -2.30. The SMILES string of the molecule is O=C1Cc2cc(-c3cncc(F)c3)cc(F)c2N1. The van der Waals surface area contributed by atoms with E-state index in [1.54, 1.807) is 6.07 Å². The van der Waals surface area contributed by atoms with Gasteiger partial charge in [0.1, 0.15) is 11.6 Å². The molecule has 1 N–H and O–H groups in total. The lowest BCUT2D eigenvalue weighted by Gasteiger charge is -2.06. The Morgan fingerprint density at radius 1 is 1.11 bits per heavy atom. The fourth-order valence-electron chi connectivity index (χ4n) is 2.04. The Balaban J connectivity index is 2.13. The van der Waals surface area contributed by atoms with Crippen LogP contribution >= 0.6 is 0 Å². The molecule has 0 atom stereocenters. The number of pyridine rings is 1. The average molecular weight is 246 g/mol. The van der Waals surface area contributed by atoms with Crippen LogP contribution in [0, 0.1) is 11.6 Å². The minimum Gasteiger partial charge on any atom is -0.323 e. The number of nitrogens with one attached hydrogen (secondary N) is 1. The van der Waals surface area contributed by atoms with Crippen LogP contribution in [0.15, 0.2) is 30.6 Å². The topological polar surface area (TPSA) is 42.0 Å². The van der Waals surface area contributed by atoms with Gasteiger partial charge >= 0.3 is 0 Å². The summed E-state index contributed by atoms with van der Waals surface area (Å²) < 4.78 is 26.8. The third-order valence-electron chi connectivity index (χ3n) is 2.83. The molecule has 1 aliphatic rings. The maximum absolute atomic E-state index is 13.8. The predicted molar refractivity (Wildman–Crippen MR) is 61.9 cm³/mol. The summed E-state index contributed by atoms with van der Waals surface area (Å²) in [7, 11) is 0. The predicted octanol–water partition coefficient (Wildman–Crippen LogP) is 2.52. The highest BCUT2D eigenvalue weighted by Crippen LogP contribution is 2.31. The second-order valence-corrected chi connectivity index (χ2v) is 4.11. The van der Waals surface area contributed by atoms with Gasteiger partial charge in [-0.05, 0) is 29.3 Å². The standard InChI is InChI=1S/C13H8F2N2O/c14-10-2-9(5-16-6-10)7-1-8-4-12(18)17-13(8)11(15)3-7/h1-3,5-6H,4H2,(H,17,18). The molecule has 2 heterocycles. The van der Waals surface area contributed by atoms with Gasteiger partial charge in [-0.25, -0.2) is 8.78 Å². The molecule has 0 radical (unpaired) electrons. The summed E-state index contributed by atoms with van der Waals surface area (Å²) in [5.41, 5.74) is 1.79. The number of carbonyl (C=O) groups is 1. The molecule has 0 unspecified atom stereocenters. The van der Waals surface area contributed by atoms with Gasteiger partial charge in [-0.2, -0.15) is 0 Å². The Bertz CT molecular complexity index is 655. The van der Waals surface area contributed by atoms with E-state index >= 15 is 0 Å². The highest BCUT2D eigenvalue weighted by molar-refractivity contribution is 5.99. The van der Waals surface area contributed by atoms with E-state index in [-0.39, 0.29) is 18.0 Å². The third kappa shape index (κ3) is 1.73. The van der Waals surface area contributed by atoms with Gasteiger partial charge in [0.05, 0.1) is 18.3 Å². The van der Waals surface area contributed by atoms with Crippen LogP contribution in [0.5, 0.6) is 0 Å². The first-order valence-electron chi connectivity index (χ1n) is 5.36. The molecule has 1 aliphatic heterocycles. The zero-order valence-electron chi connectivity index (χ0n) is 9.21. The van der Waals surface area contributed by atoms with Crippen molar-refractivity contribution in [3.05, 3.63) is 47.8 Å². The van der Waals surface area contributed by atoms with E-state index in [0.29, 0.717) is 16.7 Å². The minimum absolute atomic E-state index is 0.142. The number of hydrogen-bond acceptors (Lipinski definition) is 2. The maximum atomic E-state index is 13.8. The van der Waals surface area contributed by atoms with E-state index in [9.17, 15) is 13.6 Å². The molecule has 0 saturated heterocycles. The van der Waals surface area contributed by atoms with Crippen molar-refractivity contribution in [3.63, 3.8) is 0 Å². The van der Waals surface area contributed by atoms with Gasteiger partial charge < -0.3 is 5.32 Å². The smallest absolute Gasteiger partial charge is 0.228 e. The van der Waals surface area contributed by atoms with Crippen LogP contribution < -0.4 is 5.32 Å². The lowest BCUT2D eigenvalue weighted by Crippen LogP contribution is -2.04. The van der Waals surface area contributed by atoms with Crippen molar-refractivity contribution in [2.45, 2.75) is 6.42 Å². The summed E-state index contributed by atoms with van der Waals surface area (Å²) >= 11 is 0. The number of carbonyl (C=O) groups excluding carboxylic acids is 1. The molecule has 0 saturated carbocycles. The fraction of sp³-hybridized carbons (Fsp3) is 0.0769. The molecule has 0 bridgehead atoms. The zero-order valence-corrected chi connectivity index (χ0v) is 9.21. The van der Waals surface area contributed by atoms with Gasteiger partial charge in [-0.15, -0.1) is 0 Å². The number of benzene rings is 1. The molecule has 3 nitrogen and oxygen atoms in total. The molecule has 0 aliphatic carbocycles. The quantitative estimate of drug-likeness (QED) is 0.840. The molecular formula is C13H8F2N2O. The first-order valence-corrected chi connectivity index (χ1v) is 5.36. The van der Waals surface area contributed by atoms with Gasteiger partial charge in [-0.1, -0.05) is 0 Å². The summed E-state index contributed by atoms with van der Waals surface area (Å²) in [5, 5.41) is 2.45. The van der Waals surface area contributed by atoms with E-state index in [1.807, 2.05) is 0 Å². The first kappa shape index (κ1) is 10.8. The summed E-state index contributed by atoms with van der Waals surface area (Å²) in [6.07, 6.45) is 2.68. The number of hydrogen-bond donors (Lipinski definition) is 1. The van der Waals surface area contributed by atoms with Gasteiger partial charge in [0.15, 0.2) is 0 Å². The molecular weight excluding hydrogens is 238 g/mol. The normalized spacial score (nSPS) is 13.3.